The summed E-state index contributed by atoms with van der Waals surface area (Å²) in [6, 6.07) is 4.65. The van der Waals surface area contributed by atoms with Gasteiger partial charge in [-0.2, -0.15) is 0 Å². The first-order valence-corrected chi connectivity index (χ1v) is 3.79. The lowest BCUT2D eigenvalue weighted by molar-refractivity contribution is 0.627. The fourth-order valence-electron chi connectivity index (χ4n) is 0.974. The Bertz CT molecular complexity index is 292. The topological polar surface area (TPSA) is 0 Å². The Hall–Kier alpha value is -0.760. The average molecular weight is 168 g/mol. The molecule has 0 saturated heterocycles. The van der Waals surface area contributed by atoms with Gasteiger partial charge in [-0.1, -0.05) is 18.3 Å². The number of rotatable bonds is 1. The molecule has 0 aromatic heterocycles. The molecule has 11 heavy (non-hydrogen) atoms. The minimum atomic E-state index is -0.227. The van der Waals surface area contributed by atoms with Gasteiger partial charge in [0.1, 0.15) is 5.82 Å². The third-order valence-electron chi connectivity index (χ3n) is 1.58. The van der Waals surface area contributed by atoms with Gasteiger partial charge in [-0.25, -0.2) is 4.39 Å². The molecule has 0 atom stereocenters. The van der Waals surface area contributed by atoms with E-state index in [1.54, 1.807) is 13.0 Å². The van der Waals surface area contributed by atoms with Crippen LogP contribution in [-0.2, 0) is 0 Å². The van der Waals surface area contributed by atoms with Gasteiger partial charge in [0, 0.05) is 4.86 Å². The van der Waals surface area contributed by atoms with Crippen LogP contribution in [0.3, 0.4) is 0 Å². The summed E-state index contributed by atoms with van der Waals surface area (Å²) >= 11 is 4.94. The molecule has 0 saturated carbocycles. The van der Waals surface area contributed by atoms with Gasteiger partial charge in [0.2, 0.25) is 0 Å². The normalized spacial score (nSPS) is 9.73. The van der Waals surface area contributed by atoms with Crippen LogP contribution in [0.5, 0.6) is 0 Å². The number of benzene rings is 1. The van der Waals surface area contributed by atoms with Crippen molar-refractivity contribution >= 4 is 17.1 Å². The van der Waals surface area contributed by atoms with E-state index >= 15 is 0 Å². The zero-order valence-corrected chi connectivity index (χ0v) is 7.33. The third-order valence-corrected chi connectivity index (χ3v) is 1.80. The van der Waals surface area contributed by atoms with E-state index in [9.17, 15) is 4.39 Å². The first kappa shape index (κ1) is 8.34. The molecule has 0 aliphatic rings. The van der Waals surface area contributed by atoms with E-state index in [0.29, 0.717) is 0 Å². The molecule has 0 aliphatic carbocycles. The lowest BCUT2D eigenvalue weighted by Crippen LogP contribution is -1.94. The Morgan fingerprint density at radius 1 is 1.45 bits per heavy atom. The predicted molar refractivity (Wildman–Crippen MR) is 48.5 cm³/mol. The van der Waals surface area contributed by atoms with Gasteiger partial charge in [0.05, 0.1) is 0 Å². The number of halogens is 1. The zero-order chi connectivity index (χ0) is 8.43. The number of aryl methyl sites for hydroxylation is 1. The summed E-state index contributed by atoms with van der Waals surface area (Å²) in [5.41, 5.74) is 1.86. The molecule has 2 heteroatoms. The highest BCUT2D eigenvalue weighted by Crippen LogP contribution is 2.10. The van der Waals surface area contributed by atoms with Gasteiger partial charge in [-0.05, 0) is 37.1 Å². The van der Waals surface area contributed by atoms with Crippen LogP contribution in [0.15, 0.2) is 18.2 Å². The van der Waals surface area contributed by atoms with Crippen molar-refractivity contribution in [1.29, 1.82) is 0 Å². The molecule has 0 radical (unpaired) electrons. The van der Waals surface area contributed by atoms with Crippen LogP contribution in [0.25, 0.3) is 0 Å². The van der Waals surface area contributed by atoms with Gasteiger partial charge < -0.3 is 0 Å². The second-order valence-electron chi connectivity index (χ2n) is 2.52. The van der Waals surface area contributed by atoms with E-state index in [1.165, 1.54) is 12.1 Å². The van der Waals surface area contributed by atoms with Crippen LogP contribution >= 0.6 is 12.2 Å². The molecule has 0 amide bonds. The standard InChI is InChI=1S/C9H9FS/c1-6-3-4-8(10)5-9(6)7(2)11/h3-5H,1-2H3. The van der Waals surface area contributed by atoms with E-state index in [2.05, 4.69) is 0 Å². The molecule has 0 heterocycles. The van der Waals surface area contributed by atoms with Gasteiger partial charge >= 0.3 is 0 Å². The van der Waals surface area contributed by atoms with Crippen molar-refractivity contribution in [2.75, 3.05) is 0 Å². The maximum Gasteiger partial charge on any atom is 0.123 e. The summed E-state index contributed by atoms with van der Waals surface area (Å²) in [5.74, 6) is -0.227. The minimum Gasteiger partial charge on any atom is -0.207 e. The molecule has 0 aliphatic heterocycles. The summed E-state index contributed by atoms with van der Waals surface area (Å²) in [7, 11) is 0. The SMILES string of the molecule is CC(=S)c1cc(F)ccc1C. The Morgan fingerprint density at radius 3 is 2.55 bits per heavy atom. The molecule has 0 fully saturated rings. The Balaban J connectivity index is 3.23. The highest BCUT2D eigenvalue weighted by molar-refractivity contribution is 7.80. The average Bonchev–Trinajstić information content (AvgIpc) is 1.94. The molecule has 0 bridgehead atoms. The Kier molecular flexibility index (Phi) is 2.35. The molecule has 1 aromatic carbocycles. The van der Waals surface area contributed by atoms with Crippen molar-refractivity contribution in [3.8, 4) is 0 Å². The van der Waals surface area contributed by atoms with Crippen LogP contribution in [0.4, 0.5) is 4.39 Å². The summed E-state index contributed by atoms with van der Waals surface area (Å²) in [6.45, 7) is 3.72. The number of thiocarbonyl (C=S) groups is 1. The molecule has 0 spiro atoms. The second kappa shape index (κ2) is 3.09. The van der Waals surface area contributed by atoms with Gasteiger partial charge in [0.15, 0.2) is 0 Å². The van der Waals surface area contributed by atoms with Crippen LogP contribution in [0.2, 0.25) is 0 Å². The molecular weight excluding hydrogens is 159 g/mol. The highest BCUT2D eigenvalue weighted by Gasteiger charge is 2.00. The zero-order valence-electron chi connectivity index (χ0n) is 6.52. The smallest absolute Gasteiger partial charge is 0.123 e. The first-order valence-electron chi connectivity index (χ1n) is 3.38. The Morgan fingerprint density at radius 2 is 2.09 bits per heavy atom. The van der Waals surface area contributed by atoms with Crippen LogP contribution in [0, 0.1) is 12.7 Å². The van der Waals surface area contributed by atoms with Crippen molar-refractivity contribution in [1.82, 2.24) is 0 Å². The molecule has 1 rings (SSSR count). The predicted octanol–water partition coefficient (Wildman–Crippen LogP) is 2.87. The highest BCUT2D eigenvalue weighted by atomic mass is 32.1. The van der Waals surface area contributed by atoms with Crippen molar-refractivity contribution in [2.24, 2.45) is 0 Å². The lowest BCUT2D eigenvalue weighted by Gasteiger charge is -2.01. The largest absolute Gasteiger partial charge is 0.207 e. The van der Waals surface area contributed by atoms with Crippen LogP contribution < -0.4 is 0 Å². The summed E-state index contributed by atoms with van der Waals surface area (Å²) in [5, 5.41) is 0. The maximum absolute atomic E-state index is 12.6. The molecule has 58 valence electrons. The van der Waals surface area contributed by atoms with Gasteiger partial charge in [-0.15, -0.1) is 0 Å². The fourth-order valence-corrected chi connectivity index (χ4v) is 1.19. The van der Waals surface area contributed by atoms with E-state index in [1.807, 2.05) is 6.92 Å². The van der Waals surface area contributed by atoms with Crippen LogP contribution in [0.1, 0.15) is 18.1 Å². The van der Waals surface area contributed by atoms with Crippen molar-refractivity contribution in [3.05, 3.63) is 35.1 Å². The van der Waals surface area contributed by atoms with Crippen molar-refractivity contribution < 1.29 is 4.39 Å². The van der Waals surface area contributed by atoms with Gasteiger partial charge in [-0.3, -0.25) is 0 Å². The lowest BCUT2D eigenvalue weighted by atomic mass is 10.1. The van der Waals surface area contributed by atoms with E-state index in [-0.39, 0.29) is 5.82 Å². The third kappa shape index (κ3) is 1.84. The van der Waals surface area contributed by atoms with Crippen molar-refractivity contribution in [3.63, 3.8) is 0 Å². The van der Waals surface area contributed by atoms with Crippen molar-refractivity contribution in [2.45, 2.75) is 13.8 Å². The summed E-state index contributed by atoms with van der Waals surface area (Å²) in [6.07, 6.45) is 0. The fraction of sp³-hybridized carbons (Fsp3) is 0.222. The van der Waals surface area contributed by atoms with E-state index in [0.717, 1.165) is 16.0 Å². The first-order chi connectivity index (χ1) is 5.11. The summed E-state index contributed by atoms with van der Waals surface area (Å²) < 4.78 is 12.6. The van der Waals surface area contributed by atoms with Gasteiger partial charge in [0.25, 0.3) is 0 Å². The van der Waals surface area contributed by atoms with E-state index < -0.39 is 0 Å². The number of hydrogen-bond donors (Lipinski definition) is 0. The molecule has 0 N–H and O–H groups in total. The monoisotopic (exact) mass is 168 g/mol. The quantitative estimate of drug-likeness (QED) is 0.459. The summed E-state index contributed by atoms with van der Waals surface area (Å²) in [4.78, 5) is 0.738. The number of hydrogen-bond acceptors (Lipinski definition) is 1. The van der Waals surface area contributed by atoms with Crippen LogP contribution in [-0.4, -0.2) is 4.86 Å². The molecule has 0 unspecified atom stereocenters. The molecule has 1 aromatic rings. The minimum absolute atomic E-state index is 0.227. The molecule has 0 nitrogen and oxygen atoms in total. The Labute approximate surface area is 71.1 Å². The second-order valence-corrected chi connectivity index (χ2v) is 3.13. The molecular formula is C9H9FS. The maximum atomic E-state index is 12.6. The van der Waals surface area contributed by atoms with E-state index in [4.69, 9.17) is 12.2 Å².